The number of rotatable bonds is 8. The molecule has 0 aliphatic heterocycles. The van der Waals surface area contributed by atoms with Crippen molar-refractivity contribution in [2.75, 3.05) is 13.2 Å². The summed E-state index contributed by atoms with van der Waals surface area (Å²) in [5.41, 5.74) is 1.04. The molecular formula is C14H18O2. The second kappa shape index (κ2) is 7.83. The SMILES string of the molecule is C=CCCCOCC(=O)Cc1ccccc1. The van der Waals surface area contributed by atoms with E-state index in [9.17, 15) is 4.79 Å². The van der Waals surface area contributed by atoms with Gasteiger partial charge < -0.3 is 4.74 Å². The second-order valence-corrected chi connectivity index (χ2v) is 3.68. The van der Waals surface area contributed by atoms with E-state index in [-0.39, 0.29) is 12.4 Å². The number of ether oxygens (including phenoxy) is 1. The lowest BCUT2D eigenvalue weighted by Gasteiger charge is -2.02. The van der Waals surface area contributed by atoms with Gasteiger partial charge in [-0.15, -0.1) is 6.58 Å². The first-order valence-electron chi connectivity index (χ1n) is 5.57. The minimum atomic E-state index is 0.129. The molecule has 0 aromatic heterocycles. The summed E-state index contributed by atoms with van der Waals surface area (Å²) in [5.74, 6) is 0.129. The highest BCUT2D eigenvalue weighted by atomic mass is 16.5. The van der Waals surface area contributed by atoms with Crippen LogP contribution in [0.25, 0.3) is 0 Å². The molecule has 0 aliphatic carbocycles. The molecule has 0 bridgehead atoms. The molecule has 0 heterocycles. The lowest BCUT2D eigenvalue weighted by molar-refractivity contribution is -0.122. The minimum Gasteiger partial charge on any atom is -0.374 e. The Kier molecular flexibility index (Phi) is 6.19. The predicted molar refractivity (Wildman–Crippen MR) is 65.4 cm³/mol. The van der Waals surface area contributed by atoms with E-state index < -0.39 is 0 Å². The van der Waals surface area contributed by atoms with Crippen LogP contribution in [-0.2, 0) is 16.0 Å². The molecule has 0 radical (unpaired) electrons. The van der Waals surface area contributed by atoms with Crippen molar-refractivity contribution in [1.82, 2.24) is 0 Å². The van der Waals surface area contributed by atoms with Gasteiger partial charge in [0.2, 0.25) is 0 Å². The molecule has 0 saturated carbocycles. The summed E-state index contributed by atoms with van der Waals surface area (Å²) >= 11 is 0. The Bertz CT molecular complexity index is 317. The Morgan fingerprint density at radius 1 is 1.31 bits per heavy atom. The zero-order chi connectivity index (χ0) is 11.6. The molecule has 1 aromatic carbocycles. The molecule has 1 aromatic rings. The van der Waals surface area contributed by atoms with Gasteiger partial charge in [0.05, 0.1) is 0 Å². The van der Waals surface area contributed by atoms with Crippen molar-refractivity contribution in [3.63, 3.8) is 0 Å². The number of carbonyl (C=O) groups excluding carboxylic acids is 1. The van der Waals surface area contributed by atoms with E-state index in [1.165, 1.54) is 0 Å². The summed E-state index contributed by atoms with van der Waals surface area (Å²) in [6.45, 7) is 4.47. The van der Waals surface area contributed by atoms with Crippen LogP contribution in [0.1, 0.15) is 18.4 Å². The molecule has 2 heteroatoms. The van der Waals surface area contributed by atoms with E-state index >= 15 is 0 Å². The molecule has 0 unspecified atom stereocenters. The zero-order valence-electron chi connectivity index (χ0n) is 9.52. The molecule has 2 nitrogen and oxygen atoms in total. The van der Waals surface area contributed by atoms with Gasteiger partial charge in [-0.2, -0.15) is 0 Å². The maximum Gasteiger partial charge on any atom is 0.162 e. The maximum absolute atomic E-state index is 11.5. The maximum atomic E-state index is 11.5. The van der Waals surface area contributed by atoms with Gasteiger partial charge in [0.15, 0.2) is 5.78 Å². The fourth-order valence-corrected chi connectivity index (χ4v) is 1.39. The molecule has 86 valence electrons. The first kappa shape index (κ1) is 12.7. The standard InChI is InChI=1S/C14H18O2/c1-2-3-7-10-16-12-14(15)11-13-8-5-4-6-9-13/h2,4-6,8-9H,1,3,7,10-12H2. The fourth-order valence-electron chi connectivity index (χ4n) is 1.39. The van der Waals surface area contributed by atoms with Crippen LogP contribution in [0.2, 0.25) is 0 Å². The molecule has 0 N–H and O–H groups in total. The van der Waals surface area contributed by atoms with Gasteiger partial charge in [0, 0.05) is 13.0 Å². The number of unbranched alkanes of at least 4 members (excludes halogenated alkanes) is 1. The van der Waals surface area contributed by atoms with Gasteiger partial charge in [-0.05, 0) is 18.4 Å². The number of carbonyl (C=O) groups is 1. The summed E-state index contributed by atoms with van der Waals surface area (Å²) in [6, 6.07) is 9.73. The lowest BCUT2D eigenvalue weighted by Crippen LogP contribution is -2.12. The van der Waals surface area contributed by atoms with Crippen LogP contribution in [0, 0.1) is 0 Å². The van der Waals surface area contributed by atoms with Crippen LogP contribution < -0.4 is 0 Å². The van der Waals surface area contributed by atoms with Crippen LogP contribution in [0.15, 0.2) is 43.0 Å². The van der Waals surface area contributed by atoms with Crippen molar-refractivity contribution in [2.24, 2.45) is 0 Å². The highest BCUT2D eigenvalue weighted by Crippen LogP contribution is 2.00. The molecule has 0 atom stereocenters. The summed E-state index contributed by atoms with van der Waals surface area (Å²) in [4.78, 5) is 11.5. The largest absolute Gasteiger partial charge is 0.374 e. The van der Waals surface area contributed by atoms with E-state index in [0.717, 1.165) is 18.4 Å². The van der Waals surface area contributed by atoms with Crippen molar-refractivity contribution in [2.45, 2.75) is 19.3 Å². The normalized spacial score (nSPS) is 10.0. The van der Waals surface area contributed by atoms with Crippen LogP contribution in [0.4, 0.5) is 0 Å². The molecule has 0 aliphatic rings. The van der Waals surface area contributed by atoms with Gasteiger partial charge in [-0.1, -0.05) is 36.4 Å². The van der Waals surface area contributed by atoms with Crippen LogP contribution in [0.3, 0.4) is 0 Å². The van der Waals surface area contributed by atoms with Crippen molar-refractivity contribution in [1.29, 1.82) is 0 Å². The number of hydrogen-bond acceptors (Lipinski definition) is 2. The quantitative estimate of drug-likeness (QED) is 0.495. The Morgan fingerprint density at radius 2 is 2.06 bits per heavy atom. The molecule has 1 rings (SSSR count). The third-order valence-corrected chi connectivity index (χ3v) is 2.20. The van der Waals surface area contributed by atoms with Crippen molar-refractivity contribution >= 4 is 5.78 Å². The first-order chi connectivity index (χ1) is 7.83. The van der Waals surface area contributed by atoms with Gasteiger partial charge >= 0.3 is 0 Å². The highest BCUT2D eigenvalue weighted by molar-refractivity contribution is 5.81. The molecular weight excluding hydrogens is 200 g/mol. The fraction of sp³-hybridized carbons (Fsp3) is 0.357. The summed E-state index contributed by atoms with van der Waals surface area (Å²) in [7, 11) is 0. The van der Waals surface area contributed by atoms with Crippen LogP contribution in [0.5, 0.6) is 0 Å². The average molecular weight is 218 g/mol. The summed E-state index contributed by atoms with van der Waals surface area (Å²) in [6.07, 6.45) is 4.19. The van der Waals surface area contributed by atoms with E-state index in [0.29, 0.717) is 13.0 Å². The number of Topliss-reactive ketones (excluding diaryl/α,β-unsaturated/α-hetero) is 1. The second-order valence-electron chi connectivity index (χ2n) is 3.68. The topological polar surface area (TPSA) is 26.3 Å². The third kappa shape index (κ3) is 5.47. The zero-order valence-corrected chi connectivity index (χ0v) is 9.52. The van der Waals surface area contributed by atoms with Gasteiger partial charge in [0.1, 0.15) is 6.61 Å². The summed E-state index contributed by atoms with van der Waals surface area (Å²) in [5, 5.41) is 0. The highest BCUT2D eigenvalue weighted by Gasteiger charge is 2.02. The lowest BCUT2D eigenvalue weighted by atomic mass is 10.1. The summed E-state index contributed by atoms with van der Waals surface area (Å²) < 4.78 is 5.27. The molecule has 16 heavy (non-hydrogen) atoms. The minimum absolute atomic E-state index is 0.129. The molecule has 0 amide bonds. The Hall–Kier alpha value is -1.41. The van der Waals surface area contributed by atoms with Crippen molar-refractivity contribution < 1.29 is 9.53 Å². The molecule has 0 spiro atoms. The van der Waals surface area contributed by atoms with Crippen molar-refractivity contribution in [3.05, 3.63) is 48.6 Å². The van der Waals surface area contributed by atoms with E-state index in [2.05, 4.69) is 6.58 Å². The van der Waals surface area contributed by atoms with Crippen LogP contribution in [-0.4, -0.2) is 19.0 Å². The Morgan fingerprint density at radius 3 is 2.75 bits per heavy atom. The number of allylic oxidation sites excluding steroid dienone is 1. The van der Waals surface area contributed by atoms with Gasteiger partial charge in [0.25, 0.3) is 0 Å². The smallest absolute Gasteiger partial charge is 0.162 e. The predicted octanol–water partition coefficient (Wildman–Crippen LogP) is 2.78. The van der Waals surface area contributed by atoms with Gasteiger partial charge in [-0.3, -0.25) is 4.79 Å². The Labute approximate surface area is 96.9 Å². The monoisotopic (exact) mass is 218 g/mol. The van der Waals surface area contributed by atoms with Crippen LogP contribution >= 0.6 is 0 Å². The Balaban J connectivity index is 2.14. The third-order valence-electron chi connectivity index (χ3n) is 2.20. The van der Waals surface area contributed by atoms with E-state index in [1.807, 2.05) is 36.4 Å². The first-order valence-corrected chi connectivity index (χ1v) is 5.57. The van der Waals surface area contributed by atoms with E-state index in [4.69, 9.17) is 4.74 Å². The number of benzene rings is 1. The average Bonchev–Trinajstić information content (AvgIpc) is 2.30. The van der Waals surface area contributed by atoms with Crippen molar-refractivity contribution in [3.8, 4) is 0 Å². The number of ketones is 1. The molecule has 0 saturated heterocycles. The molecule has 0 fully saturated rings. The van der Waals surface area contributed by atoms with Gasteiger partial charge in [-0.25, -0.2) is 0 Å². The van der Waals surface area contributed by atoms with E-state index in [1.54, 1.807) is 0 Å². The number of hydrogen-bond donors (Lipinski definition) is 0.